The molecule has 1 unspecified atom stereocenters. The maximum absolute atomic E-state index is 11.8. The average Bonchev–Trinajstić information content (AvgIpc) is 2.92. The van der Waals surface area contributed by atoms with Gasteiger partial charge in [0.05, 0.1) is 0 Å². The number of hydrogen-bond acceptors (Lipinski definition) is 3. The Balaban J connectivity index is 1.98. The Morgan fingerprint density at radius 3 is 2.47 bits per heavy atom. The maximum Gasteiger partial charge on any atom is 0.253 e. The van der Waals surface area contributed by atoms with Crippen LogP contribution in [-0.4, -0.2) is 43.5 Å². The standard InChI is InChI=1S/C14H18N2O3/c1-16(2)14(18)10-5-7-11(8-6-10)15-13(17)12-4-3-9-19-12/h5-8,12H,3-4,9H2,1-2H3,(H,15,17). The fraction of sp³-hybridized carbons (Fsp3) is 0.429. The van der Waals surface area contributed by atoms with Gasteiger partial charge in [-0.25, -0.2) is 0 Å². The first-order chi connectivity index (χ1) is 9.08. The van der Waals surface area contributed by atoms with Crippen molar-refractivity contribution >= 4 is 17.5 Å². The van der Waals surface area contributed by atoms with Crippen molar-refractivity contribution in [3.05, 3.63) is 29.8 Å². The normalized spacial score (nSPS) is 18.1. The van der Waals surface area contributed by atoms with E-state index in [2.05, 4.69) is 5.32 Å². The van der Waals surface area contributed by atoms with Gasteiger partial charge in [-0.05, 0) is 37.1 Å². The van der Waals surface area contributed by atoms with Crippen LogP contribution >= 0.6 is 0 Å². The van der Waals surface area contributed by atoms with Crippen molar-refractivity contribution in [2.75, 3.05) is 26.0 Å². The van der Waals surface area contributed by atoms with Gasteiger partial charge in [0, 0.05) is 32.0 Å². The van der Waals surface area contributed by atoms with E-state index in [9.17, 15) is 9.59 Å². The number of nitrogens with one attached hydrogen (secondary N) is 1. The van der Waals surface area contributed by atoms with Crippen LogP contribution in [0.3, 0.4) is 0 Å². The zero-order valence-electron chi connectivity index (χ0n) is 11.2. The van der Waals surface area contributed by atoms with Gasteiger partial charge < -0.3 is 15.0 Å². The van der Waals surface area contributed by atoms with Crippen LogP contribution in [0.5, 0.6) is 0 Å². The lowest BCUT2D eigenvalue weighted by molar-refractivity contribution is -0.124. The van der Waals surface area contributed by atoms with Crippen molar-refractivity contribution in [2.24, 2.45) is 0 Å². The minimum absolute atomic E-state index is 0.0583. The van der Waals surface area contributed by atoms with Gasteiger partial charge >= 0.3 is 0 Å². The van der Waals surface area contributed by atoms with Gasteiger partial charge in [0.15, 0.2) is 0 Å². The molecule has 0 bridgehead atoms. The smallest absolute Gasteiger partial charge is 0.253 e. The fourth-order valence-corrected chi connectivity index (χ4v) is 1.96. The van der Waals surface area contributed by atoms with E-state index in [1.165, 1.54) is 4.90 Å². The van der Waals surface area contributed by atoms with Crippen molar-refractivity contribution in [2.45, 2.75) is 18.9 Å². The van der Waals surface area contributed by atoms with Gasteiger partial charge in [0.1, 0.15) is 6.10 Å². The lowest BCUT2D eigenvalue weighted by Gasteiger charge is -2.12. The Labute approximate surface area is 112 Å². The molecule has 0 aliphatic carbocycles. The third kappa shape index (κ3) is 3.32. The summed E-state index contributed by atoms with van der Waals surface area (Å²) in [7, 11) is 3.41. The number of carbonyl (C=O) groups is 2. The summed E-state index contributed by atoms with van der Waals surface area (Å²) in [6.45, 7) is 0.647. The summed E-state index contributed by atoms with van der Waals surface area (Å²) in [4.78, 5) is 25.0. The van der Waals surface area contributed by atoms with Gasteiger partial charge in [0.2, 0.25) is 0 Å². The molecule has 1 fully saturated rings. The molecule has 1 aliphatic heterocycles. The van der Waals surface area contributed by atoms with Gasteiger partial charge in [-0.15, -0.1) is 0 Å². The first-order valence-corrected chi connectivity index (χ1v) is 6.32. The number of benzene rings is 1. The maximum atomic E-state index is 11.8. The number of carbonyl (C=O) groups excluding carboxylic acids is 2. The van der Waals surface area contributed by atoms with Gasteiger partial charge in [-0.1, -0.05) is 0 Å². The van der Waals surface area contributed by atoms with E-state index in [0.717, 1.165) is 12.8 Å². The Kier molecular flexibility index (Phi) is 4.16. The molecule has 1 saturated heterocycles. The highest BCUT2D eigenvalue weighted by Gasteiger charge is 2.23. The minimum atomic E-state index is -0.344. The van der Waals surface area contributed by atoms with Gasteiger partial charge in [-0.2, -0.15) is 0 Å². The Bertz CT molecular complexity index is 462. The zero-order chi connectivity index (χ0) is 13.8. The molecule has 0 radical (unpaired) electrons. The van der Waals surface area contributed by atoms with E-state index in [1.807, 2.05) is 0 Å². The molecule has 5 heteroatoms. The zero-order valence-corrected chi connectivity index (χ0v) is 11.2. The Hall–Kier alpha value is -1.88. The second-order valence-corrected chi connectivity index (χ2v) is 4.77. The van der Waals surface area contributed by atoms with Crippen LogP contribution in [0.1, 0.15) is 23.2 Å². The number of hydrogen-bond donors (Lipinski definition) is 1. The quantitative estimate of drug-likeness (QED) is 0.898. The van der Waals surface area contributed by atoms with Gasteiger partial charge in [0.25, 0.3) is 11.8 Å². The van der Waals surface area contributed by atoms with Crippen LogP contribution in [0.4, 0.5) is 5.69 Å². The summed E-state index contributed by atoms with van der Waals surface area (Å²) >= 11 is 0. The summed E-state index contributed by atoms with van der Waals surface area (Å²) in [5.74, 6) is -0.179. The molecule has 1 aromatic carbocycles. The number of rotatable bonds is 3. The first-order valence-electron chi connectivity index (χ1n) is 6.32. The lowest BCUT2D eigenvalue weighted by Crippen LogP contribution is -2.27. The topological polar surface area (TPSA) is 58.6 Å². The highest BCUT2D eigenvalue weighted by atomic mass is 16.5. The molecule has 2 rings (SSSR count). The van der Waals surface area contributed by atoms with Crippen LogP contribution in [0, 0.1) is 0 Å². The number of amides is 2. The third-order valence-corrected chi connectivity index (χ3v) is 3.03. The molecule has 0 aromatic heterocycles. The lowest BCUT2D eigenvalue weighted by atomic mass is 10.1. The summed E-state index contributed by atoms with van der Waals surface area (Å²) in [6.07, 6.45) is 1.35. The third-order valence-electron chi connectivity index (χ3n) is 3.03. The van der Waals surface area contributed by atoms with Crippen molar-refractivity contribution < 1.29 is 14.3 Å². The van der Waals surface area contributed by atoms with E-state index < -0.39 is 0 Å². The largest absolute Gasteiger partial charge is 0.368 e. The van der Waals surface area contributed by atoms with E-state index >= 15 is 0 Å². The molecule has 2 amide bonds. The highest BCUT2D eigenvalue weighted by molar-refractivity contribution is 5.96. The number of nitrogens with zero attached hydrogens (tertiary/aromatic N) is 1. The second kappa shape index (κ2) is 5.84. The molecule has 1 heterocycles. The summed E-state index contributed by atoms with van der Waals surface area (Å²) in [5.41, 5.74) is 1.27. The van der Waals surface area contributed by atoms with Crippen molar-refractivity contribution in [1.82, 2.24) is 4.90 Å². The minimum Gasteiger partial charge on any atom is -0.368 e. The summed E-state index contributed by atoms with van der Waals surface area (Å²) in [6, 6.07) is 6.86. The second-order valence-electron chi connectivity index (χ2n) is 4.77. The predicted octanol–water partition coefficient (Wildman–Crippen LogP) is 1.51. The molecule has 5 nitrogen and oxygen atoms in total. The molecule has 1 N–H and O–H groups in total. The van der Waals surface area contributed by atoms with Crippen LogP contribution in [0.2, 0.25) is 0 Å². The molecule has 19 heavy (non-hydrogen) atoms. The Morgan fingerprint density at radius 1 is 1.26 bits per heavy atom. The highest BCUT2D eigenvalue weighted by Crippen LogP contribution is 2.16. The van der Waals surface area contributed by atoms with E-state index in [1.54, 1.807) is 38.4 Å². The number of anilines is 1. The first kappa shape index (κ1) is 13.5. The van der Waals surface area contributed by atoms with Crippen molar-refractivity contribution in [3.63, 3.8) is 0 Å². The Morgan fingerprint density at radius 2 is 1.95 bits per heavy atom. The summed E-state index contributed by atoms with van der Waals surface area (Å²) in [5, 5.41) is 2.79. The van der Waals surface area contributed by atoms with Gasteiger partial charge in [-0.3, -0.25) is 9.59 Å². The molecule has 102 valence electrons. The summed E-state index contributed by atoms with van der Waals surface area (Å²) < 4.78 is 5.31. The molecular weight excluding hydrogens is 244 g/mol. The van der Waals surface area contributed by atoms with Crippen molar-refractivity contribution in [1.29, 1.82) is 0 Å². The SMILES string of the molecule is CN(C)C(=O)c1ccc(NC(=O)C2CCCO2)cc1. The number of ether oxygens (including phenoxy) is 1. The van der Waals surface area contributed by atoms with E-state index in [4.69, 9.17) is 4.74 Å². The molecule has 0 saturated carbocycles. The molecular formula is C14H18N2O3. The van der Waals surface area contributed by atoms with Crippen LogP contribution < -0.4 is 5.32 Å². The van der Waals surface area contributed by atoms with E-state index in [-0.39, 0.29) is 17.9 Å². The predicted molar refractivity (Wildman–Crippen MR) is 72.1 cm³/mol. The monoisotopic (exact) mass is 262 g/mol. The van der Waals surface area contributed by atoms with Crippen LogP contribution in [0.15, 0.2) is 24.3 Å². The average molecular weight is 262 g/mol. The molecule has 1 aliphatic rings. The van der Waals surface area contributed by atoms with Crippen LogP contribution in [-0.2, 0) is 9.53 Å². The molecule has 0 spiro atoms. The molecule has 1 aromatic rings. The fourth-order valence-electron chi connectivity index (χ4n) is 1.96. The van der Waals surface area contributed by atoms with Crippen molar-refractivity contribution in [3.8, 4) is 0 Å². The van der Waals surface area contributed by atoms with Crippen LogP contribution in [0.25, 0.3) is 0 Å². The van der Waals surface area contributed by atoms with E-state index in [0.29, 0.717) is 17.9 Å². The molecule has 1 atom stereocenters.